The molecule has 160 valence electrons. The molecule has 1 aliphatic heterocycles. The number of ether oxygens (including phenoxy) is 1. The molecular formula is C22H23FN6O2. The van der Waals surface area contributed by atoms with E-state index in [-0.39, 0.29) is 17.2 Å². The van der Waals surface area contributed by atoms with Gasteiger partial charge in [-0.2, -0.15) is 4.98 Å². The predicted octanol–water partition coefficient (Wildman–Crippen LogP) is 2.79. The maximum atomic E-state index is 14.0. The molecule has 0 radical (unpaired) electrons. The molecule has 1 aromatic heterocycles. The van der Waals surface area contributed by atoms with Crippen LogP contribution in [0.3, 0.4) is 0 Å². The Labute approximate surface area is 179 Å². The lowest BCUT2D eigenvalue weighted by Crippen LogP contribution is -2.47. The summed E-state index contributed by atoms with van der Waals surface area (Å²) in [5, 5.41) is 2.77. The molecule has 9 heteroatoms. The number of nitrogen functional groups attached to an aromatic ring is 1. The van der Waals surface area contributed by atoms with Crippen LogP contribution in [0.4, 0.5) is 27.5 Å². The van der Waals surface area contributed by atoms with Gasteiger partial charge >= 0.3 is 0 Å². The zero-order chi connectivity index (χ0) is 21.8. The Bertz CT molecular complexity index is 1070. The van der Waals surface area contributed by atoms with Crippen molar-refractivity contribution >= 4 is 29.0 Å². The van der Waals surface area contributed by atoms with Gasteiger partial charge in [-0.3, -0.25) is 4.79 Å². The maximum absolute atomic E-state index is 14.0. The van der Waals surface area contributed by atoms with Crippen LogP contribution in [0.5, 0.6) is 5.75 Å². The lowest BCUT2D eigenvalue weighted by atomic mass is 10.2. The highest BCUT2D eigenvalue weighted by Crippen LogP contribution is 2.23. The van der Waals surface area contributed by atoms with Crippen LogP contribution in [-0.2, 0) is 0 Å². The quantitative estimate of drug-likeness (QED) is 0.653. The number of piperazine rings is 1. The van der Waals surface area contributed by atoms with E-state index in [4.69, 9.17) is 10.5 Å². The van der Waals surface area contributed by atoms with Crippen LogP contribution in [0.25, 0.3) is 0 Å². The van der Waals surface area contributed by atoms with Crippen LogP contribution < -0.4 is 25.6 Å². The van der Waals surface area contributed by atoms with Crippen LogP contribution in [-0.4, -0.2) is 49.2 Å². The molecule has 0 unspecified atom stereocenters. The maximum Gasteiger partial charge on any atom is 0.260 e. The molecule has 3 N–H and O–H groups in total. The van der Waals surface area contributed by atoms with Gasteiger partial charge in [0, 0.05) is 38.1 Å². The van der Waals surface area contributed by atoms with Gasteiger partial charge in [0.25, 0.3) is 5.91 Å². The van der Waals surface area contributed by atoms with Crippen LogP contribution in [0.2, 0.25) is 0 Å². The Morgan fingerprint density at radius 2 is 1.74 bits per heavy atom. The van der Waals surface area contributed by atoms with Crippen molar-refractivity contribution in [3.8, 4) is 5.75 Å². The Kier molecular flexibility index (Phi) is 5.83. The second-order valence-corrected chi connectivity index (χ2v) is 7.08. The molecule has 0 spiro atoms. The highest BCUT2D eigenvalue weighted by molar-refractivity contribution is 6.07. The van der Waals surface area contributed by atoms with Gasteiger partial charge in [-0.15, -0.1) is 0 Å². The number of halogens is 1. The Hall–Kier alpha value is -3.88. The number of carbonyl (C=O) groups is 1. The minimum Gasteiger partial charge on any atom is -0.497 e. The molecule has 0 aliphatic carbocycles. The minimum atomic E-state index is -0.390. The Morgan fingerprint density at radius 3 is 2.39 bits per heavy atom. The van der Waals surface area contributed by atoms with Gasteiger partial charge in [-0.25, -0.2) is 9.37 Å². The molecule has 2 heterocycles. The van der Waals surface area contributed by atoms with Gasteiger partial charge in [0.1, 0.15) is 22.9 Å². The van der Waals surface area contributed by atoms with Gasteiger partial charge in [0.05, 0.1) is 12.8 Å². The number of benzene rings is 2. The van der Waals surface area contributed by atoms with Crippen molar-refractivity contribution < 1.29 is 13.9 Å². The average molecular weight is 422 g/mol. The summed E-state index contributed by atoms with van der Waals surface area (Å²) in [6, 6.07) is 13.7. The fourth-order valence-electron chi connectivity index (χ4n) is 3.44. The number of amides is 1. The van der Waals surface area contributed by atoms with Crippen molar-refractivity contribution in [1.82, 2.24) is 9.97 Å². The molecule has 3 aromatic rings. The van der Waals surface area contributed by atoms with Gasteiger partial charge in [0.2, 0.25) is 5.95 Å². The van der Waals surface area contributed by atoms with E-state index >= 15 is 0 Å². The average Bonchev–Trinajstić information content (AvgIpc) is 2.80. The SMILES string of the molecule is COc1ccc(NC(=O)c2cnc(N3CCN(c4ccccc4F)CC3)nc2N)cc1. The van der Waals surface area contributed by atoms with E-state index in [0.717, 1.165) is 0 Å². The van der Waals surface area contributed by atoms with Crippen molar-refractivity contribution in [3.63, 3.8) is 0 Å². The molecule has 1 saturated heterocycles. The zero-order valence-electron chi connectivity index (χ0n) is 17.1. The Morgan fingerprint density at radius 1 is 1.06 bits per heavy atom. The number of anilines is 4. The third-order valence-electron chi connectivity index (χ3n) is 5.15. The second-order valence-electron chi connectivity index (χ2n) is 7.08. The number of para-hydroxylation sites is 1. The topological polar surface area (TPSA) is 96.6 Å². The second kappa shape index (κ2) is 8.86. The molecule has 0 bridgehead atoms. The Balaban J connectivity index is 1.40. The van der Waals surface area contributed by atoms with E-state index in [9.17, 15) is 9.18 Å². The van der Waals surface area contributed by atoms with E-state index in [1.807, 2.05) is 15.9 Å². The van der Waals surface area contributed by atoms with Gasteiger partial charge in [0.15, 0.2) is 0 Å². The lowest BCUT2D eigenvalue weighted by Gasteiger charge is -2.36. The highest BCUT2D eigenvalue weighted by Gasteiger charge is 2.22. The molecule has 0 atom stereocenters. The third kappa shape index (κ3) is 4.50. The number of rotatable bonds is 5. The van der Waals surface area contributed by atoms with E-state index in [1.165, 1.54) is 12.3 Å². The van der Waals surface area contributed by atoms with Crippen molar-refractivity contribution in [2.45, 2.75) is 0 Å². The lowest BCUT2D eigenvalue weighted by molar-refractivity contribution is 0.102. The normalized spacial score (nSPS) is 13.7. The zero-order valence-corrected chi connectivity index (χ0v) is 17.1. The van der Waals surface area contributed by atoms with E-state index in [2.05, 4.69) is 15.3 Å². The third-order valence-corrected chi connectivity index (χ3v) is 5.15. The van der Waals surface area contributed by atoms with Crippen molar-refractivity contribution in [1.29, 1.82) is 0 Å². The number of nitrogens with one attached hydrogen (secondary N) is 1. The van der Waals surface area contributed by atoms with Crippen molar-refractivity contribution in [2.24, 2.45) is 0 Å². The number of aromatic nitrogens is 2. The summed E-state index contributed by atoms with van der Waals surface area (Å²) in [6.45, 7) is 2.49. The number of carbonyl (C=O) groups excluding carboxylic acids is 1. The molecule has 1 fully saturated rings. The fourth-order valence-corrected chi connectivity index (χ4v) is 3.44. The molecule has 0 saturated carbocycles. The summed E-state index contributed by atoms with van der Waals surface area (Å²) in [4.78, 5) is 25.2. The first-order valence-corrected chi connectivity index (χ1v) is 9.87. The number of hydrogen-bond donors (Lipinski definition) is 2. The number of hydrogen-bond acceptors (Lipinski definition) is 7. The molecule has 1 amide bonds. The molecule has 31 heavy (non-hydrogen) atoms. The van der Waals surface area contributed by atoms with Crippen LogP contribution >= 0.6 is 0 Å². The first-order chi connectivity index (χ1) is 15.0. The number of nitrogens with zero attached hydrogens (tertiary/aromatic N) is 4. The van der Waals surface area contributed by atoms with Crippen molar-refractivity contribution in [3.05, 3.63) is 66.1 Å². The van der Waals surface area contributed by atoms with E-state index in [1.54, 1.807) is 43.5 Å². The van der Waals surface area contributed by atoms with Gasteiger partial charge in [-0.1, -0.05) is 12.1 Å². The summed E-state index contributed by atoms with van der Waals surface area (Å²) in [6.07, 6.45) is 1.43. The first-order valence-electron chi connectivity index (χ1n) is 9.87. The summed E-state index contributed by atoms with van der Waals surface area (Å²) in [5.41, 5.74) is 7.45. The molecule has 8 nitrogen and oxygen atoms in total. The van der Waals surface area contributed by atoms with Gasteiger partial charge < -0.3 is 25.6 Å². The first kappa shape index (κ1) is 20.4. The summed E-state index contributed by atoms with van der Waals surface area (Å²) in [7, 11) is 1.58. The largest absolute Gasteiger partial charge is 0.497 e. The standard InChI is InChI=1S/C22H23FN6O2/c1-31-16-8-6-15(7-9-16)26-21(30)17-14-25-22(27-20(17)24)29-12-10-28(11-13-29)19-5-3-2-4-18(19)23/h2-9,14H,10-13H2,1H3,(H,26,30)(H2,24,25,27). The van der Waals surface area contributed by atoms with Crippen LogP contribution in [0, 0.1) is 5.82 Å². The molecule has 4 rings (SSSR count). The monoisotopic (exact) mass is 422 g/mol. The van der Waals surface area contributed by atoms with Crippen molar-refractivity contribution in [2.75, 3.05) is 54.1 Å². The molecule has 2 aromatic carbocycles. The highest BCUT2D eigenvalue weighted by atomic mass is 19.1. The smallest absolute Gasteiger partial charge is 0.260 e. The molecule has 1 aliphatic rings. The minimum absolute atomic E-state index is 0.104. The van der Waals surface area contributed by atoms with Crippen LogP contribution in [0.15, 0.2) is 54.7 Å². The fraction of sp³-hybridized carbons (Fsp3) is 0.227. The van der Waals surface area contributed by atoms with Crippen LogP contribution in [0.1, 0.15) is 10.4 Å². The molecular weight excluding hydrogens is 399 g/mol. The summed E-state index contributed by atoms with van der Waals surface area (Å²) >= 11 is 0. The summed E-state index contributed by atoms with van der Waals surface area (Å²) in [5.74, 6) is 0.627. The van der Waals surface area contributed by atoms with E-state index in [0.29, 0.717) is 49.3 Å². The van der Waals surface area contributed by atoms with E-state index < -0.39 is 5.91 Å². The summed E-state index contributed by atoms with van der Waals surface area (Å²) < 4.78 is 19.1. The predicted molar refractivity (Wildman–Crippen MR) is 118 cm³/mol. The number of methoxy groups -OCH3 is 1. The number of nitrogens with two attached hydrogens (primary N) is 1. The van der Waals surface area contributed by atoms with Gasteiger partial charge in [-0.05, 0) is 36.4 Å².